The van der Waals surface area contributed by atoms with Crippen molar-refractivity contribution in [2.45, 2.75) is 45.2 Å². The van der Waals surface area contributed by atoms with Crippen molar-refractivity contribution in [2.75, 3.05) is 0 Å². The van der Waals surface area contributed by atoms with Gasteiger partial charge in [0, 0.05) is 17.5 Å². The highest BCUT2D eigenvalue weighted by molar-refractivity contribution is 7.09. The van der Waals surface area contributed by atoms with Crippen molar-refractivity contribution in [2.24, 2.45) is 0 Å². The molecule has 0 bridgehead atoms. The molecule has 2 nitrogen and oxygen atoms in total. The highest BCUT2D eigenvalue weighted by Gasteiger charge is 2.36. The van der Waals surface area contributed by atoms with E-state index >= 15 is 0 Å². The summed E-state index contributed by atoms with van der Waals surface area (Å²) >= 11 is 1.77. The first kappa shape index (κ1) is 9.16. The molecule has 0 amide bonds. The lowest BCUT2D eigenvalue weighted by Crippen LogP contribution is -2.27. The van der Waals surface area contributed by atoms with Gasteiger partial charge in [0.15, 0.2) is 0 Å². The van der Waals surface area contributed by atoms with Crippen molar-refractivity contribution in [1.82, 2.24) is 10.3 Å². The second-order valence-electron chi connectivity index (χ2n) is 4.00. The van der Waals surface area contributed by atoms with E-state index in [0.717, 1.165) is 13.0 Å². The van der Waals surface area contributed by atoms with E-state index in [-0.39, 0.29) is 0 Å². The Labute approximate surface area is 83.4 Å². The molecule has 1 aliphatic rings. The first-order chi connectivity index (χ1) is 6.22. The average molecular weight is 196 g/mol. The van der Waals surface area contributed by atoms with Crippen LogP contribution < -0.4 is 5.32 Å². The van der Waals surface area contributed by atoms with Gasteiger partial charge in [-0.05, 0) is 26.2 Å². The van der Waals surface area contributed by atoms with E-state index < -0.39 is 0 Å². The van der Waals surface area contributed by atoms with Crippen LogP contribution in [0.25, 0.3) is 0 Å². The van der Waals surface area contributed by atoms with Crippen molar-refractivity contribution in [3.05, 3.63) is 16.1 Å². The number of hydrogen-bond acceptors (Lipinski definition) is 3. The lowest BCUT2D eigenvalue weighted by molar-refractivity contribution is 0.532. The Morgan fingerprint density at radius 1 is 1.62 bits per heavy atom. The molecular formula is C10H16N2S. The summed E-state index contributed by atoms with van der Waals surface area (Å²) in [7, 11) is 0. The lowest BCUT2D eigenvalue weighted by atomic mass is 10.3. The maximum atomic E-state index is 4.52. The lowest BCUT2D eigenvalue weighted by Gasteiger charge is -2.08. The molecule has 0 aromatic carbocycles. The second kappa shape index (κ2) is 3.39. The zero-order chi connectivity index (χ0) is 9.31. The summed E-state index contributed by atoms with van der Waals surface area (Å²) in [5.74, 6) is 0. The van der Waals surface area contributed by atoms with Crippen LogP contribution >= 0.6 is 11.3 Å². The van der Waals surface area contributed by atoms with Gasteiger partial charge in [-0.15, -0.1) is 11.3 Å². The average Bonchev–Trinajstić information content (AvgIpc) is 2.69. The molecular weight excluding hydrogens is 180 g/mol. The molecule has 3 heteroatoms. The largest absolute Gasteiger partial charge is 0.306 e. The molecule has 72 valence electrons. The van der Waals surface area contributed by atoms with Gasteiger partial charge in [0.05, 0.1) is 10.7 Å². The Morgan fingerprint density at radius 2 is 2.38 bits per heavy atom. The summed E-state index contributed by atoms with van der Waals surface area (Å²) in [6.07, 6.45) is 3.69. The molecule has 13 heavy (non-hydrogen) atoms. The van der Waals surface area contributed by atoms with E-state index in [1.807, 2.05) is 0 Å². The van der Waals surface area contributed by atoms with E-state index in [2.05, 4.69) is 29.5 Å². The fourth-order valence-corrected chi connectivity index (χ4v) is 2.01. The summed E-state index contributed by atoms with van der Waals surface area (Å²) in [6.45, 7) is 5.37. The van der Waals surface area contributed by atoms with Crippen molar-refractivity contribution in [3.63, 3.8) is 0 Å². The predicted octanol–water partition coefficient (Wildman–Crippen LogP) is 2.35. The van der Waals surface area contributed by atoms with Crippen LogP contribution in [0.3, 0.4) is 0 Å². The number of nitrogens with one attached hydrogen (secondary N) is 1. The highest BCUT2D eigenvalue weighted by Crippen LogP contribution is 2.34. The van der Waals surface area contributed by atoms with E-state index in [1.165, 1.54) is 23.5 Å². The van der Waals surface area contributed by atoms with Crippen molar-refractivity contribution in [3.8, 4) is 0 Å². The van der Waals surface area contributed by atoms with E-state index in [0.29, 0.717) is 5.54 Å². The smallest absolute Gasteiger partial charge is 0.0926 e. The molecule has 1 fully saturated rings. The quantitative estimate of drug-likeness (QED) is 0.799. The molecule has 0 radical (unpaired) electrons. The van der Waals surface area contributed by atoms with Gasteiger partial charge in [-0.1, -0.05) is 6.92 Å². The number of aryl methyl sites for hydroxylation is 1. The molecule has 0 saturated heterocycles. The Kier molecular flexibility index (Phi) is 2.39. The third kappa shape index (κ3) is 2.29. The van der Waals surface area contributed by atoms with Crippen LogP contribution in [0.2, 0.25) is 0 Å². The Morgan fingerprint density at radius 3 is 2.92 bits per heavy atom. The molecule has 1 aromatic heterocycles. The summed E-state index contributed by atoms with van der Waals surface area (Å²) in [5.41, 5.74) is 1.63. The summed E-state index contributed by atoms with van der Waals surface area (Å²) in [5, 5.41) is 6.94. The number of nitrogens with zero attached hydrogens (tertiary/aromatic N) is 1. The van der Waals surface area contributed by atoms with Crippen molar-refractivity contribution >= 4 is 11.3 Å². The van der Waals surface area contributed by atoms with Gasteiger partial charge < -0.3 is 5.32 Å². The first-order valence-electron chi connectivity index (χ1n) is 4.90. The molecule has 1 N–H and O–H groups in total. The molecule has 0 spiro atoms. The van der Waals surface area contributed by atoms with Gasteiger partial charge in [-0.25, -0.2) is 4.98 Å². The van der Waals surface area contributed by atoms with Gasteiger partial charge in [0.1, 0.15) is 0 Å². The molecule has 0 aliphatic heterocycles. The predicted molar refractivity (Wildman–Crippen MR) is 56.0 cm³/mol. The van der Waals surface area contributed by atoms with Crippen LogP contribution in [0.1, 0.15) is 37.4 Å². The Bertz CT molecular complexity index is 289. The number of thiazole rings is 1. The number of hydrogen-bond donors (Lipinski definition) is 1. The third-order valence-electron chi connectivity index (χ3n) is 2.60. The van der Waals surface area contributed by atoms with Gasteiger partial charge in [-0.2, -0.15) is 0 Å². The standard InChI is InChI=1S/C10H16N2S/c1-3-9-12-8(7-13-9)6-11-10(2)4-5-10/h7,11H,3-6H2,1-2H3. The minimum Gasteiger partial charge on any atom is -0.306 e. The maximum absolute atomic E-state index is 4.52. The monoisotopic (exact) mass is 196 g/mol. The van der Waals surface area contributed by atoms with Crippen LogP contribution in [0.15, 0.2) is 5.38 Å². The summed E-state index contributed by atoms with van der Waals surface area (Å²) in [6, 6.07) is 0. The minimum atomic E-state index is 0.427. The van der Waals surface area contributed by atoms with E-state index in [4.69, 9.17) is 0 Å². The Balaban J connectivity index is 1.87. The number of aromatic nitrogens is 1. The minimum absolute atomic E-state index is 0.427. The SMILES string of the molecule is CCc1nc(CNC2(C)CC2)cs1. The van der Waals surface area contributed by atoms with E-state index in [1.54, 1.807) is 11.3 Å². The van der Waals surface area contributed by atoms with Crippen LogP contribution in [0, 0.1) is 0 Å². The van der Waals surface area contributed by atoms with Crippen LogP contribution in [-0.2, 0) is 13.0 Å². The van der Waals surface area contributed by atoms with Crippen LogP contribution in [-0.4, -0.2) is 10.5 Å². The fraction of sp³-hybridized carbons (Fsp3) is 0.700. The second-order valence-corrected chi connectivity index (χ2v) is 4.94. The first-order valence-corrected chi connectivity index (χ1v) is 5.78. The molecule has 0 unspecified atom stereocenters. The molecule has 1 saturated carbocycles. The number of rotatable bonds is 4. The molecule has 1 aliphatic carbocycles. The van der Waals surface area contributed by atoms with Gasteiger partial charge >= 0.3 is 0 Å². The van der Waals surface area contributed by atoms with Crippen LogP contribution in [0.5, 0.6) is 0 Å². The van der Waals surface area contributed by atoms with Gasteiger partial charge in [0.25, 0.3) is 0 Å². The molecule has 1 heterocycles. The van der Waals surface area contributed by atoms with E-state index in [9.17, 15) is 0 Å². The van der Waals surface area contributed by atoms with Crippen molar-refractivity contribution in [1.29, 1.82) is 0 Å². The van der Waals surface area contributed by atoms with Crippen molar-refractivity contribution < 1.29 is 0 Å². The maximum Gasteiger partial charge on any atom is 0.0926 e. The molecule has 2 rings (SSSR count). The topological polar surface area (TPSA) is 24.9 Å². The zero-order valence-electron chi connectivity index (χ0n) is 8.26. The zero-order valence-corrected chi connectivity index (χ0v) is 9.08. The third-order valence-corrected chi connectivity index (χ3v) is 3.64. The molecule has 1 aromatic rings. The van der Waals surface area contributed by atoms with Gasteiger partial charge in [-0.3, -0.25) is 0 Å². The normalized spacial score (nSPS) is 18.9. The molecule has 0 atom stereocenters. The summed E-state index contributed by atoms with van der Waals surface area (Å²) < 4.78 is 0. The van der Waals surface area contributed by atoms with Gasteiger partial charge in [0.2, 0.25) is 0 Å². The van der Waals surface area contributed by atoms with Crippen LogP contribution in [0.4, 0.5) is 0 Å². The highest BCUT2D eigenvalue weighted by atomic mass is 32.1. The summed E-state index contributed by atoms with van der Waals surface area (Å²) in [4.78, 5) is 4.52. The Hall–Kier alpha value is -0.410. The fourth-order valence-electron chi connectivity index (χ4n) is 1.26.